The van der Waals surface area contributed by atoms with Gasteiger partial charge < -0.3 is 18.9 Å². The third-order valence-electron chi connectivity index (χ3n) is 3.15. The second kappa shape index (κ2) is 7.28. The molecular formula is C15H27NO6. The molecule has 1 aliphatic heterocycles. The minimum Gasteiger partial charge on any atom is -0.469 e. The van der Waals surface area contributed by atoms with Crippen molar-refractivity contribution in [3.05, 3.63) is 0 Å². The first-order valence-electron chi connectivity index (χ1n) is 7.37. The van der Waals surface area contributed by atoms with Crippen LogP contribution in [0.2, 0.25) is 0 Å². The number of hydrogen-bond acceptors (Lipinski definition) is 6. The summed E-state index contributed by atoms with van der Waals surface area (Å²) in [5.74, 6) is -0.327. The summed E-state index contributed by atoms with van der Waals surface area (Å²) in [5.41, 5.74) is -1.33. The lowest BCUT2D eigenvalue weighted by Crippen LogP contribution is -2.51. The molecule has 128 valence electrons. The minimum absolute atomic E-state index is 0.180. The molecule has 0 spiro atoms. The molecule has 22 heavy (non-hydrogen) atoms. The van der Waals surface area contributed by atoms with Gasteiger partial charge >= 0.3 is 12.1 Å². The van der Waals surface area contributed by atoms with E-state index in [-0.39, 0.29) is 31.6 Å². The Morgan fingerprint density at radius 2 is 1.95 bits per heavy atom. The van der Waals surface area contributed by atoms with Gasteiger partial charge in [-0.15, -0.1) is 0 Å². The quantitative estimate of drug-likeness (QED) is 0.570. The number of carbonyl (C=O) groups is 2. The van der Waals surface area contributed by atoms with E-state index in [1.165, 1.54) is 7.11 Å². The van der Waals surface area contributed by atoms with Crippen molar-refractivity contribution in [2.45, 2.75) is 58.4 Å². The van der Waals surface area contributed by atoms with Crippen LogP contribution in [0.15, 0.2) is 0 Å². The van der Waals surface area contributed by atoms with E-state index in [4.69, 9.17) is 14.2 Å². The van der Waals surface area contributed by atoms with E-state index in [1.807, 2.05) is 34.6 Å². The molecule has 1 fully saturated rings. The molecule has 0 saturated carbocycles. The minimum atomic E-state index is -0.751. The summed E-state index contributed by atoms with van der Waals surface area (Å²) in [5, 5.41) is 0. The van der Waals surface area contributed by atoms with Gasteiger partial charge in [0, 0.05) is 0 Å². The Kier molecular flexibility index (Phi) is 6.19. The molecule has 0 aliphatic carbocycles. The van der Waals surface area contributed by atoms with Gasteiger partial charge in [0.25, 0.3) is 0 Å². The molecular weight excluding hydrogens is 290 g/mol. The van der Waals surface area contributed by atoms with Crippen LogP contribution in [0.25, 0.3) is 0 Å². The molecule has 1 heterocycles. The molecule has 0 aromatic carbocycles. The fourth-order valence-electron chi connectivity index (χ4n) is 2.16. The van der Waals surface area contributed by atoms with Crippen molar-refractivity contribution < 1.29 is 28.5 Å². The molecule has 7 nitrogen and oxygen atoms in total. The summed E-state index contributed by atoms with van der Waals surface area (Å²) in [7, 11) is 1.33. The Hall–Kier alpha value is -1.34. The van der Waals surface area contributed by atoms with Gasteiger partial charge in [-0.25, -0.2) is 4.79 Å². The van der Waals surface area contributed by atoms with Crippen LogP contribution in [-0.2, 0) is 23.7 Å². The topological polar surface area (TPSA) is 74.3 Å². The number of esters is 1. The number of rotatable bonds is 5. The highest BCUT2D eigenvalue weighted by atomic mass is 16.6. The van der Waals surface area contributed by atoms with Gasteiger partial charge in [-0.1, -0.05) is 0 Å². The van der Waals surface area contributed by atoms with Crippen LogP contribution in [0.5, 0.6) is 0 Å². The van der Waals surface area contributed by atoms with Crippen molar-refractivity contribution in [2.24, 2.45) is 0 Å². The maximum atomic E-state index is 12.4. The molecule has 1 saturated heterocycles. The van der Waals surface area contributed by atoms with Gasteiger partial charge in [0.1, 0.15) is 11.3 Å². The third kappa shape index (κ3) is 5.46. The Labute approximate surface area is 131 Å². The summed E-state index contributed by atoms with van der Waals surface area (Å²) in [4.78, 5) is 24.9. The zero-order valence-corrected chi connectivity index (χ0v) is 14.3. The SMILES string of the molecule is COC(=O)CCOCC1COC(C)(C)N1C(=O)OC(C)(C)C. The van der Waals surface area contributed by atoms with Crippen molar-refractivity contribution in [3.8, 4) is 0 Å². The van der Waals surface area contributed by atoms with Crippen molar-refractivity contribution in [2.75, 3.05) is 26.9 Å². The predicted molar refractivity (Wildman–Crippen MR) is 79.3 cm³/mol. The second-order valence-corrected chi connectivity index (χ2v) is 6.66. The van der Waals surface area contributed by atoms with E-state index in [0.29, 0.717) is 6.61 Å². The molecule has 1 amide bonds. The zero-order chi connectivity index (χ0) is 17.0. The number of carbonyl (C=O) groups excluding carboxylic acids is 2. The summed E-state index contributed by atoms with van der Waals surface area (Å²) in [6.45, 7) is 9.96. The van der Waals surface area contributed by atoms with Crippen LogP contribution in [0, 0.1) is 0 Å². The number of hydrogen-bond donors (Lipinski definition) is 0. The summed E-state index contributed by atoms with van der Waals surface area (Å²) in [6.07, 6.45) is -0.253. The average Bonchev–Trinajstić information content (AvgIpc) is 2.67. The van der Waals surface area contributed by atoms with Gasteiger partial charge in [-0.05, 0) is 34.6 Å². The molecule has 1 atom stereocenters. The van der Waals surface area contributed by atoms with E-state index in [0.717, 1.165) is 0 Å². The summed E-state index contributed by atoms with van der Waals surface area (Å²) >= 11 is 0. The molecule has 0 N–H and O–H groups in total. The Balaban J connectivity index is 2.58. The van der Waals surface area contributed by atoms with Crippen molar-refractivity contribution >= 4 is 12.1 Å². The fraction of sp³-hybridized carbons (Fsp3) is 0.867. The maximum absolute atomic E-state index is 12.4. The zero-order valence-electron chi connectivity index (χ0n) is 14.3. The van der Waals surface area contributed by atoms with Crippen LogP contribution < -0.4 is 0 Å². The van der Waals surface area contributed by atoms with Crippen LogP contribution in [0.3, 0.4) is 0 Å². The van der Waals surface area contributed by atoms with Gasteiger partial charge in [0.15, 0.2) is 0 Å². The highest BCUT2D eigenvalue weighted by Gasteiger charge is 2.45. The molecule has 7 heteroatoms. The van der Waals surface area contributed by atoms with Crippen LogP contribution >= 0.6 is 0 Å². The fourth-order valence-corrected chi connectivity index (χ4v) is 2.16. The highest BCUT2D eigenvalue weighted by molar-refractivity contribution is 5.70. The monoisotopic (exact) mass is 317 g/mol. The summed E-state index contributed by atoms with van der Waals surface area (Å²) in [6, 6.07) is -0.248. The number of amides is 1. The Bertz CT molecular complexity index is 401. The second-order valence-electron chi connectivity index (χ2n) is 6.66. The van der Waals surface area contributed by atoms with E-state index < -0.39 is 17.4 Å². The maximum Gasteiger partial charge on any atom is 0.412 e. The Morgan fingerprint density at radius 3 is 2.50 bits per heavy atom. The number of ether oxygens (including phenoxy) is 4. The first-order valence-corrected chi connectivity index (χ1v) is 7.37. The highest BCUT2D eigenvalue weighted by Crippen LogP contribution is 2.29. The lowest BCUT2D eigenvalue weighted by atomic mass is 10.2. The van der Waals surface area contributed by atoms with Crippen LogP contribution in [0.4, 0.5) is 4.79 Å². The number of nitrogens with zero attached hydrogens (tertiary/aromatic N) is 1. The smallest absolute Gasteiger partial charge is 0.412 e. The van der Waals surface area contributed by atoms with Gasteiger partial charge in [-0.3, -0.25) is 9.69 Å². The average molecular weight is 317 g/mol. The standard InChI is InChI=1S/C15H27NO6/c1-14(2,3)22-13(18)16-11(10-21-15(16,4)5)9-20-8-7-12(17)19-6/h11H,7-10H2,1-6H3. The van der Waals surface area contributed by atoms with E-state index in [9.17, 15) is 9.59 Å². The lowest BCUT2D eigenvalue weighted by Gasteiger charge is -2.35. The largest absolute Gasteiger partial charge is 0.469 e. The van der Waals surface area contributed by atoms with Crippen LogP contribution in [0.1, 0.15) is 41.0 Å². The van der Waals surface area contributed by atoms with Gasteiger partial charge in [0.2, 0.25) is 0 Å². The molecule has 1 aliphatic rings. The normalized spacial score (nSPS) is 20.8. The van der Waals surface area contributed by atoms with Gasteiger partial charge in [0.05, 0.1) is 39.4 Å². The van der Waals surface area contributed by atoms with E-state index in [1.54, 1.807) is 4.90 Å². The van der Waals surface area contributed by atoms with Crippen molar-refractivity contribution in [1.29, 1.82) is 0 Å². The Morgan fingerprint density at radius 1 is 1.32 bits per heavy atom. The molecule has 0 bridgehead atoms. The van der Waals surface area contributed by atoms with E-state index >= 15 is 0 Å². The van der Waals surface area contributed by atoms with Crippen molar-refractivity contribution in [3.63, 3.8) is 0 Å². The molecule has 0 aromatic rings. The molecule has 1 rings (SSSR count). The predicted octanol–water partition coefficient (Wildman–Crippen LogP) is 1.94. The molecule has 0 radical (unpaired) electrons. The lowest BCUT2D eigenvalue weighted by molar-refractivity contribution is -0.142. The van der Waals surface area contributed by atoms with Crippen molar-refractivity contribution in [1.82, 2.24) is 4.90 Å². The van der Waals surface area contributed by atoms with E-state index in [2.05, 4.69) is 4.74 Å². The van der Waals surface area contributed by atoms with Gasteiger partial charge in [-0.2, -0.15) is 0 Å². The number of methoxy groups -OCH3 is 1. The first kappa shape index (κ1) is 18.7. The van der Waals surface area contributed by atoms with Crippen LogP contribution in [-0.4, -0.2) is 61.3 Å². The third-order valence-corrected chi connectivity index (χ3v) is 3.15. The first-order chi connectivity index (χ1) is 10.1. The summed E-state index contributed by atoms with van der Waals surface area (Å²) < 4.78 is 21.1. The molecule has 0 aromatic heterocycles. The molecule has 1 unspecified atom stereocenters.